The van der Waals surface area contributed by atoms with Crippen LogP contribution in [0.15, 0.2) is 48.5 Å². The molecule has 0 atom stereocenters. The van der Waals surface area contributed by atoms with Gasteiger partial charge < -0.3 is 14.8 Å². The number of fused-ring (bicyclic) bond motifs is 1. The van der Waals surface area contributed by atoms with E-state index in [4.69, 9.17) is 9.47 Å². The second kappa shape index (κ2) is 5.54. The summed E-state index contributed by atoms with van der Waals surface area (Å²) in [5.41, 5.74) is 1.01. The van der Waals surface area contributed by atoms with Crippen molar-refractivity contribution >= 4 is 23.8 Å². The molecule has 0 unspecified atom stereocenters. The molecule has 0 aliphatic carbocycles. The van der Waals surface area contributed by atoms with Crippen LogP contribution >= 0.6 is 0 Å². The third-order valence-corrected chi connectivity index (χ3v) is 2.98. The molecule has 0 fully saturated rings. The van der Waals surface area contributed by atoms with Gasteiger partial charge in [-0.2, -0.15) is 0 Å². The molecule has 21 heavy (non-hydrogen) atoms. The second-order valence-electron chi connectivity index (χ2n) is 4.31. The Labute approximate surface area is 120 Å². The number of benzene rings is 2. The van der Waals surface area contributed by atoms with Gasteiger partial charge in [0.05, 0.1) is 5.69 Å². The maximum absolute atomic E-state index is 12.2. The standard InChI is InChI=1S/C15H12N2O4/c18-9-17(15(19)16-11-4-2-1-3-5-11)12-6-7-13-14(8-12)21-10-20-13/h1-9H,10H2,(H,16,19). The number of para-hydroxylation sites is 1. The Morgan fingerprint density at radius 3 is 2.62 bits per heavy atom. The van der Waals surface area contributed by atoms with Gasteiger partial charge in [0.25, 0.3) is 0 Å². The molecule has 2 aromatic rings. The lowest BCUT2D eigenvalue weighted by molar-refractivity contribution is -0.106. The van der Waals surface area contributed by atoms with Crippen molar-refractivity contribution in [3.8, 4) is 11.5 Å². The second-order valence-corrected chi connectivity index (χ2v) is 4.31. The van der Waals surface area contributed by atoms with E-state index >= 15 is 0 Å². The molecule has 1 aliphatic rings. The normalized spacial score (nSPS) is 11.8. The summed E-state index contributed by atoms with van der Waals surface area (Å²) in [6.07, 6.45) is 0.454. The summed E-state index contributed by atoms with van der Waals surface area (Å²) < 4.78 is 10.4. The van der Waals surface area contributed by atoms with Crippen LogP contribution < -0.4 is 19.7 Å². The largest absolute Gasteiger partial charge is 0.454 e. The molecule has 6 nitrogen and oxygen atoms in total. The van der Waals surface area contributed by atoms with Gasteiger partial charge in [0.1, 0.15) is 0 Å². The minimum Gasteiger partial charge on any atom is -0.454 e. The van der Waals surface area contributed by atoms with Gasteiger partial charge in [-0.15, -0.1) is 0 Å². The van der Waals surface area contributed by atoms with E-state index in [2.05, 4.69) is 5.32 Å². The van der Waals surface area contributed by atoms with Crippen LogP contribution in [0.3, 0.4) is 0 Å². The first-order chi connectivity index (χ1) is 10.3. The van der Waals surface area contributed by atoms with Crippen molar-refractivity contribution in [1.82, 2.24) is 0 Å². The predicted octanol–water partition coefficient (Wildman–Crippen LogP) is 2.61. The van der Waals surface area contributed by atoms with Crippen LogP contribution in [0.4, 0.5) is 16.2 Å². The van der Waals surface area contributed by atoms with E-state index in [0.717, 1.165) is 4.90 Å². The van der Waals surface area contributed by atoms with Gasteiger partial charge in [-0.25, -0.2) is 9.69 Å². The van der Waals surface area contributed by atoms with Gasteiger partial charge in [-0.05, 0) is 24.3 Å². The lowest BCUT2D eigenvalue weighted by atomic mass is 10.2. The lowest BCUT2D eigenvalue weighted by Gasteiger charge is -2.16. The highest BCUT2D eigenvalue weighted by atomic mass is 16.7. The zero-order valence-electron chi connectivity index (χ0n) is 11.0. The number of imide groups is 1. The van der Waals surface area contributed by atoms with Crippen LogP contribution in [-0.4, -0.2) is 19.2 Å². The maximum Gasteiger partial charge on any atom is 0.332 e. The Morgan fingerprint density at radius 1 is 1.10 bits per heavy atom. The van der Waals surface area contributed by atoms with E-state index in [-0.39, 0.29) is 6.79 Å². The summed E-state index contributed by atoms with van der Waals surface area (Å²) in [4.78, 5) is 24.4. The van der Waals surface area contributed by atoms with E-state index in [1.807, 2.05) is 6.07 Å². The van der Waals surface area contributed by atoms with Crippen LogP contribution in [0.5, 0.6) is 11.5 Å². The average Bonchev–Trinajstić information content (AvgIpc) is 2.96. The SMILES string of the molecule is O=CN(C(=O)Nc1ccccc1)c1ccc2c(c1)OCO2. The Kier molecular flexibility index (Phi) is 3.42. The fourth-order valence-corrected chi connectivity index (χ4v) is 1.97. The number of hydrogen-bond acceptors (Lipinski definition) is 4. The first kappa shape index (κ1) is 13.0. The number of carbonyl (C=O) groups excluding carboxylic acids is 2. The summed E-state index contributed by atoms with van der Waals surface area (Å²) >= 11 is 0. The van der Waals surface area contributed by atoms with E-state index in [1.54, 1.807) is 42.5 Å². The van der Waals surface area contributed by atoms with Gasteiger partial charge in [0, 0.05) is 11.8 Å². The first-order valence-corrected chi connectivity index (χ1v) is 6.28. The van der Waals surface area contributed by atoms with Gasteiger partial charge in [0.2, 0.25) is 13.2 Å². The molecule has 0 spiro atoms. The monoisotopic (exact) mass is 284 g/mol. The van der Waals surface area contributed by atoms with Crippen LogP contribution in [0.1, 0.15) is 0 Å². The Hall–Kier alpha value is -3.02. The number of urea groups is 1. The number of carbonyl (C=O) groups is 2. The Bertz CT molecular complexity index is 673. The summed E-state index contributed by atoms with van der Waals surface area (Å²) in [6.45, 7) is 0.135. The minimum atomic E-state index is -0.546. The number of rotatable bonds is 3. The lowest BCUT2D eigenvalue weighted by Crippen LogP contribution is -2.33. The van der Waals surface area contributed by atoms with Crippen LogP contribution in [0.2, 0.25) is 0 Å². The maximum atomic E-state index is 12.2. The van der Waals surface area contributed by atoms with E-state index in [1.165, 1.54) is 0 Å². The molecule has 3 rings (SSSR count). The molecule has 1 N–H and O–H groups in total. The predicted molar refractivity (Wildman–Crippen MR) is 76.6 cm³/mol. The number of ether oxygens (including phenoxy) is 2. The summed E-state index contributed by atoms with van der Waals surface area (Å²) in [5.74, 6) is 1.10. The highest BCUT2D eigenvalue weighted by molar-refractivity contribution is 6.12. The fraction of sp³-hybridized carbons (Fsp3) is 0.0667. The number of nitrogens with zero attached hydrogens (tertiary/aromatic N) is 1. The molecule has 3 amide bonds. The van der Waals surface area contributed by atoms with Gasteiger partial charge >= 0.3 is 6.03 Å². The number of amides is 3. The number of hydrogen-bond donors (Lipinski definition) is 1. The molecule has 106 valence electrons. The van der Waals surface area contributed by atoms with Gasteiger partial charge in [0.15, 0.2) is 11.5 Å². The van der Waals surface area contributed by atoms with E-state index < -0.39 is 6.03 Å². The highest BCUT2D eigenvalue weighted by Gasteiger charge is 2.19. The van der Waals surface area contributed by atoms with Crippen LogP contribution in [0.25, 0.3) is 0 Å². The van der Waals surface area contributed by atoms with E-state index in [9.17, 15) is 9.59 Å². The number of anilines is 2. The van der Waals surface area contributed by atoms with Crippen molar-refractivity contribution in [3.63, 3.8) is 0 Å². The van der Waals surface area contributed by atoms with Crippen molar-refractivity contribution < 1.29 is 19.1 Å². The molecule has 2 aromatic carbocycles. The molecular weight excluding hydrogens is 272 g/mol. The number of nitrogens with one attached hydrogen (secondary N) is 1. The zero-order chi connectivity index (χ0) is 14.7. The van der Waals surface area contributed by atoms with E-state index in [0.29, 0.717) is 29.3 Å². The molecule has 0 saturated carbocycles. The first-order valence-electron chi connectivity index (χ1n) is 6.28. The van der Waals surface area contributed by atoms with Crippen molar-refractivity contribution in [2.75, 3.05) is 17.0 Å². The molecule has 0 bridgehead atoms. The average molecular weight is 284 g/mol. The molecule has 1 aliphatic heterocycles. The summed E-state index contributed by atoms with van der Waals surface area (Å²) in [7, 11) is 0. The summed E-state index contributed by atoms with van der Waals surface area (Å²) in [6, 6.07) is 13.2. The summed E-state index contributed by atoms with van der Waals surface area (Å²) in [5, 5.41) is 2.64. The Morgan fingerprint density at radius 2 is 1.86 bits per heavy atom. The van der Waals surface area contributed by atoms with Crippen molar-refractivity contribution in [2.45, 2.75) is 0 Å². The third-order valence-electron chi connectivity index (χ3n) is 2.98. The Balaban J connectivity index is 1.81. The molecule has 0 radical (unpaired) electrons. The molecular formula is C15H12N2O4. The molecule has 1 heterocycles. The quantitative estimate of drug-likeness (QED) is 0.880. The van der Waals surface area contributed by atoms with Crippen molar-refractivity contribution in [3.05, 3.63) is 48.5 Å². The van der Waals surface area contributed by atoms with Crippen molar-refractivity contribution in [2.24, 2.45) is 0 Å². The molecule has 6 heteroatoms. The zero-order valence-corrected chi connectivity index (χ0v) is 11.0. The van der Waals surface area contributed by atoms with Gasteiger partial charge in [-0.1, -0.05) is 18.2 Å². The van der Waals surface area contributed by atoms with Crippen LogP contribution in [0, 0.1) is 0 Å². The molecule has 0 saturated heterocycles. The van der Waals surface area contributed by atoms with Crippen LogP contribution in [-0.2, 0) is 4.79 Å². The van der Waals surface area contributed by atoms with Gasteiger partial charge in [-0.3, -0.25) is 4.79 Å². The fourth-order valence-electron chi connectivity index (χ4n) is 1.97. The third kappa shape index (κ3) is 2.64. The highest BCUT2D eigenvalue weighted by Crippen LogP contribution is 2.35. The van der Waals surface area contributed by atoms with Crippen molar-refractivity contribution in [1.29, 1.82) is 0 Å². The molecule has 0 aromatic heterocycles. The minimum absolute atomic E-state index is 0.135. The smallest absolute Gasteiger partial charge is 0.332 e. The topological polar surface area (TPSA) is 67.9 Å².